The molecule has 1 N–H and O–H groups in total. The average molecular weight is 370 g/mol. The van der Waals surface area contributed by atoms with Crippen molar-refractivity contribution in [3.63, 3.8) is 0 Å². The van der Waals surface area contributed by atoms with Crippen LogP contribution in [-0.2, 0) is 12.7 Å². The summed E-state index contributed by atoms with van der Waals surface area (Å²) in [6.45, 7) is 6.98. The first-order valence-corrected chi connectivity index (χ1v) is 9.13. The Labute approximate surface area is 154 Å². The van der Waals surface area contributed by atoms with Gasteiger partial charge in [-0.15, -0.1) is 0 Å². The van der Waals surface area contributed by atoms with Crippen LogP contribution in [0.5, 0.6) is 0 Å². The van der Waals surface area contributed by atoms with Crippen molar-refractivity contribution in [1.82, 2.24) is 15.1 Å². The number of halogens is 3. The van der Waals surface area contributed by atoms with Crippen molar-refractivity contribution in [3.05, 3.63) is 35.4 Å². The normalized spacial score (nSPS) is 19.0. The number of hydrogen-bond acceptors (Lipinski definition) is 2. The van der Waals surface area contributed by atoms with Gasteiger partial charge < -0.3 is 15.1 Å². The Morgan fingerprint density at radius 2 is 2.00 bits per heavy atom. The van der Waals surface area contributed by atoms with E-state index in [9.17, 15) is 13.2 Å². The molecule has 146 valence electrons. The monoisotopic (exact) mass is 370 g/mol. The molecule has 0 saturated carbocycles. The summed E-state index contributed by atoms with van der Waals surface area (Å²) < 4.78 is 37.9. The van der Waals surface area contributed by atoms with E-state index >= 15 is 0 Å². The van der Waals surface area contributed by atoms with Gasteiger partial charge in [0.2, 0.25) is 0 Å². The van der Waals surface area contributed by atoms with Crippen LogP contribution in [0.25, 0.3) is 0 Å². The lowest BCUT2D eigenvalue weighted by atomic mass is 10.1. The second kappa shape index (κ2) is 9.26. The molecule has 1 heterocycles. The minimum Gasteiger partial charge on any atom is -0.356 e. The highest BCUT2D eigenvalue weighted by Crippen LogP contribution is 2.29. The zero-order chi connectivity index (χ0) is 19.2. The van der Waals surface area contributed by atoms with Gasteiger partial charge in [-0.3, -0.25) is 4.99 Å². The lowest BCUT2D eigenvalue weighted by molar-refractivity contribution is -0.137. The molecule has 0 amide bonds. The smallest absolute Gasteiger partial charge is 0.356 e. The second-order valence-electron chi connectivity index (χ2n) is 6.93. The van der Waals surface area contributed by atoms with E-state index in [2.05, 4.69) is 22.1 Å². The minimum absolute atomic E-state index is 0.504. The van der Waals surface area contributed by atoms with Crippen LogP contribution in [-0.4, -0.2) is 56.0 Å². The van der Waals surface area contributed by atoms with Crippen LogP contribution >= 0.6 is 0 Å². The molecule has 0 aromatic heterocycles. The van der Waals surface area contributed by atoms with E-state index < -0.39 is 11.7 Å². The summed E-state index contributed by atoms with van der Waals surface area (Å²) in [6.07, 6.45) is -1.93. The molecule has 1 aliphatic heterocycles. The van der Waals surface area contributed by atoms with Crippen LogP contribution in [0.3, 0.4) is 0 Å². The second-order valence-corrected chi connectivity index (χ2v) is 6.93. The number of hydrogen-bond donors (Lipinski definition) is 1. The Kier molecular flexibility index (Phi) is 7.32. The average Bonchev–Trinajstić information content (AvgIpc) is 3.03. The number of aliphatic imine (C=N–C) groups is 1. The zero-order valence-electron chi connectivity index (χ0n) is 15.8. The molecule has 0 radical (unpaired) electrons. The standard InChI is InChI=1S/C19H29F3N4/c1-4-10-26-11-9-16(14-26)12-24-18(23-2)25(3)13-15-5-7-17(8-6-15)19(20,21)22/h5-8,16H,4,9-14H2,1-3H3,(H,23,24). The minimum atomic E-state index is -4.30. The number of alkyl halides is 3. The molecular formula is C19H29F3N4. The Bertz CT molecular complexity index is 583. The first kappa shape index (κ1) is 20.6. The fraction of sp³-hybridized carbons (Fsp3) is 0.632. The highest BCUT2D eigenvalue weighted by atomic mass is 19.4. The molecule has 0 spiro atoms. The number of nitrogens with one attached hydrogen (secondary N) is 1. The van der Waals surface area contributed by atoms with Crippen molar-refractivity contribution in [2.45, 2.75) is 32.5 Å². The van der Waals surface area contributed by atoms with Crippen molar-refractivity contribution in [1.29, 1.82) is 0 Å². The summed E-state index contributed by atoms with van der Waals surface area (Å²) in [5, 5.41) is 3.40. The maximum Gasteiger partial charge on any atom is 0.416 e. The predicted octanol–water partition coefficient (Wildman–Crippen LogP) is 3.44. The maximum absolute atomic E-state index is 12.6. The van der Waals surface area contributed by atoms with E-state index in [-0.39, 0.29) is 0 Å². The first-order valence-electron chi connectivity index (χ1n) is 9.13. The van der Waals surface area contributed by atoms with Crippen molar-refractivity contribution in [3.8, 4) is 0 Å². The molecule has 1 saturated heterocycles. The highest BCUT2D eigenvalue weighted by Gasteiger charge is 2.30. The third kappa shape index (κ3) is 5.90. The molecule has 4 nitrogen and oxygen atoms in total. The zero-order valence-corrected chi connectivity index (χ0v) is 15.8. The summed E-state index contributed by atoms with van der Waals surface area (Å²) in [7, 11) is 3.62. The molecule has 1 atom stereocenters. The van der Waals surface area contributed by atoms with E-state index in [4.69, 9.17) is 0 Å². The lowest BCUT2D eigenvalue weighted by Gasteiger charge is -2.24. The summed E-state index contributed by atoms with van der Waals surface area (Å²) in [6, 6.07) is 5.29. The van der Waals surface area contributed by atoms with Crippen LogP contribution in [0.2, 0.25) is 0 Å². The van der Waals surface area contributed by atoms with E-state index in [0.717, 1.165) is 49.8 Å². The Hall–Kier alpha value is -1.76. The third-order valence-electron chi connectivity index (χ3n) is 4.73. The number of rotatable bonds is 6. The van der Waals surface area contributed by atoms with Gasteiger partial charge in [-0.25, -0.2) is 0 Å². The lowest BCUT2D eigenvalue weighted by Crippen LogP contribution is -2.41. The number of nitrogens with zero attached hydrogens (tertiary/aromatic N) is 3. The Morgan fingerprint density at radius 3 is 2.58 bits per heavy atom. The summed E-state index contributed by atoms with van der Waals surface area (Å²) in [4.78, 5) is 8.71. The SMILES string of the molecule is CCCN1CCC(CNC(=NC)N(C)Cc2ccc(C(F)(F)F)cc2)C1. The van der Waals surface area contributed by atoms with Gasteiger partial charge in [-0.2, -0.15) is 13.2 Å². The molecule has 0 bridgehead atoms. The summed E-state index contributed by atoms with van der Waals surface area (Å²) in [5.74, 6) is 1.37. The van der Waals surface area contributed by atoms with Crippen LogP contribution in [0.4, 0.5) is 13.2 Å². The number of benzene rings is 1. The maximum atomic E-state index is 12.6. The van der Waals surface area contributed by atoms with Gasteiger partial charge in [0.1, 0.15) is 0 Å². The van der Waals surface area contributed by atoms with Gasteiger partial charge in [0.05, 0.1) is 5.56 Å². The molecule has 1 unspecified atom stereocenters. The van der Waals surface area contributed by atoms with Gasteiger partial charge in [0.25, 0.3) is 0 Å². The molecule has 1 aliphatic rings. The van der Waals surface area contributed by atoms with Gasteiger partial charge in [-0.1, -0.05) is 19.1 Å². The van der Waals surface area contributed by atoms with Gasteiger partial charge in [0.15, 0.2) is 5.96 Å². The van der Waals surface area contributed by atoms with Crippen molar-refractivity contribution >= 4 is 5.96 Å². The third-order valence-corrected chi connectivity index (χ3v) is 4.73. The molecule has 1 aromatic carbocycles. The van der Waals surface area contributed by atoms with E-state index in [1.165, 1.54) is 25.0 Å². The topological polar surface area (TPSA) is 30.9 Å². The van der Waals surface area contributed by atoms with E-state index in [1.807, 2.05) is 11.9 Å². The molecule has 2 rings (SSSR count). The van der Waals surface area contributed by atoms with Gasteiger partial charge in [0, 0.05) is 33.7 Å². The fourth-order valence-corrected chi connectivity index (χ4v) is 3.37. The van der Waals surface area contributed by atoms with Crippen LogP contribution in [0, 0.1) is 5.92 Å². The molecule has 1 aromatic rings. The molecule has 0 aliphatic carbocycles. The fourth-order valence-electron chi connectivity index (χ4n) is 3.37. The molecule has 1 fully saturated rings. The van der Waals surface area contributed by atoms with E-state index in [1.54, 1.807) is 7.05 Å². The van der Waals surface area contributed by atoms with Crippen LogP contribution in [0.1, 0.15) is 30.9 Å². The van der Waals surface area contributed by atoms with Gasteiger partial charge >= 0.3 is 6.18 Å². The molecular weight excluding hydrogens is 341 g/mol. The summed E-state index contributed by atoms with van der Waals surface area (Å²) in [5.41, 5.74) is 0.197. The van der Waals surface area contributed by atoms with E-state index in [0.29, 0.717) is 12.5 Å². The highest BCUT2D eigenvalue weighted by molar-refractivity contribution is 5.79. The quantitative estimate of drug-likeness (QED) is 0.615. The number of likely N-dealkylation sites (tertiary alicyclic amines) is 1. The van der Waals surface area contributed by atoms with Crippen LogP contribution in [0.15, 0.2) is 29.3 Å². The number of guanidine groups is 1. The molecule has 7 heteroatoms. The van der Waals surface area contributed by atoms with Crippen molar-refractivity contribution in [2.75, 3.05) is 40.3 Å². The molecule has 26 heavy (non-hydrogen) atoms. The van der Waals surface area contributed by atoms with Crippen molar-refractivity contribution in [2.24, 2.45) is 10.9 Å². The largest absolute Gasteiger partial charge is 0.416 e. The van der Waals surface area contributed by atoms with Gasteiger partial charge in [-0.05, 0) is 49.5 Å². The first-order chi connectivity index (χ1) is 12.3. The Morgan fingerprint density at radius 1 is 1.31 bits per heavy atom. The van der Waals surface area contributed by atoms with Crippen LogP contribution < -0.4 is 5.32 Å². The Balaban J connectivity index is 1.84. The van der Waals surface area contributed by atoms with Crippen molar-refractivity contribution < 1.29 is 13.2 Å². The summed E-state index contributed by atoms with van der Waals surface area (Å²) >= 11 is 0. The predicted molar refractivity (Wildman–Crippen MR) is 99.1 cm³/mol.